The SMILES string of the molecule is COc1cc([C@@H]2c3cc4c(cc3C(OC3OC5COC(C)O[C@@H]5C(O)C3N(C)C)[C@H]3COC(=O)[C@H]23)OCO4)cc(OC)c1OC(=O)N(C)c1c[c-]ccc1O[C@@H]1OC(C(=O)O)[C@H](O)C(O)[C@H]1O.[Rb+]. The molecular weight excluding hydrogens is 974 g/mol. The number of rotatable bonds is 11. The fourth-order valence-corrected chi connectivity index (χ4v) is 9.67. The summed E-state index contributed by atoms with van der Waals surface area (Å²) in [7, 11) is 7.66. The summed E-state index contributed by atoms with van der Waals surface area (Å²) >= 11 is 0. The molecule has 68 heavy (non-hydrogen) atoms. The van der Waals surface area contributed by atoms with Gasteiger partial charge in [0, 0.05) is 24.6 Å². The number of carbonyl (C=O) groups is 3. The Hall–Kier alpha value is -3.72. The quantitative estimate of drug-likeness (QED) is 0.102. The monoisotopic (exact) mass is 1020 g/mol. The van der Waals surface area contributed by atoms with Crippen molar-refractivity contribution in [1.29, 1.82) is 0 Å². The number of esters is 1. The van der Waals surface area contributed by atoms with E-state index in [-0.39, 0.29) is 107 Å². The third-order valence-corrected chi connectivity index (χ3v) is 13.0. The number of amides is 1. The molecular formula is C45H51N2O20Rb. The number of methoxy groups -OCH3 is 2. The van der Waals surface area contributed by atoms with Crippen LogP contribution in [0.1, 0.15) is 35.6 Å². The van der Waals surface area contributed by atoms with Crippen molar-refractivity contribution in [2.24, 2.45) is 11.8 Å². The first-order chi connectivity index (χ1) is 32.1. The number of carboxylic acids is 1. The smallest absolute Gasteiger partial charge is 0.493 e. The first-order valence-electron chi connectivity index (χ1n) is 21.4. The average molecular weight is 1030 g/mol. The van der Waals surface area contributed by atoms with E-state index in [1.165, 1.54) is 39.5 Å². The number of cyclic esters (lactones) is 1. The van der Waals surface area contributed by atoms with E-state index in [2.05, 4.69) is 6.07 Å². The van der Waals surface area contributed by atoms with Crippen molar-refractivity contribution in [3.8, 4) is 34.5 Å². The second-order valence-corrected chi connectivity index (χ2v) is 17.1. The van der Waals surface area contributed by atoms with Crippen molar-refractivity contribution in [2.45, 2.75) is 86.6 Å². The van der Waals surface area contributed by atoms with Gasteiger partial charge in [0.1, 0.15) is 36.6 Å². The molecule has 0 spiro atoms. The normalized spacial score (nSPS) is 33.5. The van der Waals surface area contributed by atoms with Gasteiger partial charge >= 0.3 is 76.2 Å². The minimum atomic E-state index is -1.95. The fraction of sp³-hybridized carbons (Fsp3) is 0.533. The van der Waals surface area contributed by atoms with Gasteiger partial charge in [0.15, 0.2) is 41.7 Å². The fourth-order valence-electron chi connectivity index (χ4n) is 9.67. The Morgan fingerprint density at radius 2 is 1.51 bits per heavy atom. The van der Waals surface area contributed by atoms with Crippen LogP contribution < -0.4 is 91.5 Å². The van der Waals surface area contributed by atoms with E-state index in [0.717, 1.165) is 4.90 Å². The minimum absolute atomic E-state index is 0. The molecule has 5 heterocycles. The zero-order valence-corrected chi connectivity index (χ0v) is 43.0. The van der Waals surface area contributed by atoms with Crippen LogP contribution in [0.25, 0.3) is 0 Å². The summed E-state index contributed by atoms with van der Waals surface area (Å²) in [5, 5.41) is 52.2. The molecule has 5 aliphatic heterocycles. The van der Waals surface area contributed by atoms with Gasteiger partial charge in [-0.2, -0.15) is 18.2 Å². The van der Waals surface area contributed by atoms with Crippen LogP contribution in [0, 0.1) is 17.9 Å². The number of anilines is 1. The first-order valence-corrected chi connectivity index (χ1v) is 21.4. The maximum atomic E-state index is 14.0. The van der Waals surface area contributed by atoms with Gasteiger partial charge in [-0.3, -0.25) is 9.69 Å². The standard InChI is InChI=1S/C45H51N2O20.Rb/c1-18-58-16-29-39(62-18)33(48)32(46(2)3)43(64-29)65-37-21-14-26-25(60-17-61-26)13-20(21)30(31-22(37)15-59-42(31)54)19-11-27(56-5)38(28(12-19)57-6)67-45(55)47(4)23-9-7-8-10-24(23)63-44-36(51)34(49)35(50)40(66-44)41(52)53;/h8-14,18,22,29-37,39-40,43-44,48-51H,15-17H2,1-6H3,(H,52,53);/q-1;+1/t18?,22-,29?,30+,31-,32?,33?,34?,35+,36+,37?,39-,40?,43?,44+;/m0./s1. The van der Waals surface area contributed by atoms with Crippen LogP contribution in [-0.4, -0.2) is 171 Å². The molecule has 362 valence electrons. The number of aliphatic hydroxyl groups is 4. The van der Waals surface area contributed by atoms with Gasteiger partial charge in [-0.25, -0.2) is 9.59 Å². The van der Waals surface area contributed by atoms with Gasteiger partial charge in [0.25, 0.3) is 0 Å². The Kier molecular flexibility index (Phi) is 15.3. The van der Waals surface area contributed by atoms with Crippen molar-refractivity contribution in [1.82, 2.24) is 4.90 Å². The zero-order valence-electron chi connectivity index (χ0n) is 38.1. The molecule has 3 aromatic carbocycles. The van der Waals surface area contributed by atoms with E-state index < -0.39 is 110 Å². The number of hydrogen-bond donors (Lipinski definition) is 5. The zero-order chi connectivity index (χ0) is 47.6. The molecule has 6 aliphatic rings. The van der Waals surface area contributed by atoms with E-state index in [9.17, 15) is 39.9 Å². The first kappa shape index (κ1) is 50.7. The molecule has 1 amide bonds. The Labute approximate surface area is 438 Å². The molecule has 23 heteroatoms. The molecule has 0 aromatic heterocycles. The van der Waals surface area contributed by atoms with E-state index in [1.54, 1.807) is 44.1 Å². The third-order valence-electron chi connectivity index (χ3n) is 13.0. The molecule has 0 bridgehead atoms. The van der Waals surface area contributed by atoms with Gasteiger partial charge in [-0.15, -0.1) is 6.07 Å². The number of nitrogens with zero attached hydrogens (tertiary/aromatic N) is 2. The molecule has 0 radical (unpaired) electrons. The van der Waals surface area contributed by atoms with E-state index in [1.807, 2.05) is 6.07 Å². The van der Waals surface area contributed by atoms with Gasteiger partial charge in [0.2, 0.25) is 18.8 Å². The predicted octanol–water partition coefficient (Wildman–Crippen LogP) is -2.09. The van der Waals surface area contributed by atoms with Crippen molar-refractivity contribution in [3.63, 3.8) is 0 Å². The average Bonchev–Trinajstić information content (AvgIpc) is 3.94. The summed E-state index contributed by atoms with van der Waals surface area (Å²) in [5.74, 6) is -3.53. The predicted molar refractivity (Wildman–Crippen MR) is 223 cm³/mol. The topological polar surface area (TPSA) is 270 Å². The van der Waals surface area contributed by atoms with Crippen LogP contribution in [0.4, 0.5) is 10.5 Å². The molecule has 4 fully saturated rings. The van der Waals surface area contributed by atoms with Crippen LogP contribution >= 0.6 is 0 Å². The number of benzene rings is 3. The maximum Gasteiger partial charge on any atom is 1.00 e. The molecule has 3 aromatic rings. The number of fused-ring (bicyclic) bond motifs is 4. The number of hydrogen-bond acceptors (Lipinski definition) is 20. The second kappa shape index (κ2) is 20.6. The van der Waals surface area contributed by atoms with E-state index >= 15 is 0 Å². The molecule has 9 rings (SSSR count). The molecule has 5 N–H and O–H groups in total. The molecule has 22 nitrogen and oxygen atoms in total. The Morgan fingerprint density at radius 3 is 2.18 bits per heavy atom. The third kappa shape index (κ3) is 9.22. The number of carboxylic acid groups (broad SMARTS) is 1. The summed E-state index contributed by atoms with van der Waals surface area (Å²) in [6.07, 6.45) is -15.2. The summed E-state index contributed by atoms with van der Waals surface area (Å²) in [6.45, 7) is 1.87. The number of carbonyl (C=O) groups excluding carboxylic acids is 2. The Morgan fingerprint density at radius 1 is 0.824 bits per heavy atom. The van der Waals surface area contributed by atoms with Crippen LogP contribution in [0.5, 0.6) is 34.5 Å². The Bertz CT molecular complexity index is 2350. The molecule has 1 aliphatic carbocycles. The van der Waals surface area contributed by atoms with Crippen molar-refractivity contribution >= 4 is 23.7 Å². The van der Waals surface area contributed by atoms with Crippen LogP contribution in [-0.2, 0) is 38.0 Å². The summed E-state index contributed by atoms with van der Waals surface area (Å²) in [5.41, 5.74) is 1.82. The number of likely N-dealkylation sites (N-methyl/N-ethyl adjacent to an activating group) is 1. The summed E-state index contributed by atoms with van der Waals surface area (Å²) in [4.78, 5) is 42.5. The van der Waals surface area contributed by atoms with Crippen LogP contribution in [0.15, 0.2) is 42.5 Å². The molecule has 4 saturated heterocycles. The molecule has 8 unspecified atom stereocenters. The Balaban J connectivity index is 0.00000625. The van der Waals surface area contributed by atoms with Crippen LogP contribution in [0.3, 0.4) is 0 Å². The number of aliphatic carboxylic acids is 1. The van der Waals surface area contributed by atoms with Crippen LogP contribution in [0.2, 0.25) is 0 Å². The molecule has 0 saturated carbocycles. The van der Waals surface area contributed by atoms with Crippen molar-refractivity contribution < 1.29 is 155 Å². The van der Waals surface area contributed by atoms with Gasteiger partial charge in [0.05, 0.1) is 45.5 Å². The van der Waals surface area contributed by atoms with Gasteiger partial charge < -0.3 is 87.3 Å². The summed E-state index contributed by atoms with van der Waals surface area (Å²) in [6, 6.07) is 13.1. The van der Waals surface area contributed by atoms with Crippen molar-refractivity contribution in [2.75, 3.05) is 60.3 Å². The van der Waals surface area contributed by atoms with E-state index in [4.69, 9.17) is 56.8 Å². The number of ether oxygens (including phenoxy) is 12. The maximum absolute atomic E-state index is 14.0. The van der Waals surface area contributed by atoms with Gasteiger partial charge in [-0.05, 0) is 67.7 Å². The second-order valence-electron chi connectivity index (χ2n) is 17.1. The van der Waals surface area contributed by atoms with Crippen molar-refractivity contribution in [3.05, 3.63) is 65.2 Å². The minimum Gasteiger partial charge on any atom is -0.493 e. The van der Waals surface area contributed by atoms with E-state index in [0.29, 0.717) is 28.2 Å². The van der Waals surface area contributed by atoms with Gasteiger partial charge in [-0.1, -0.05) is 0 Å². The number of aliphatic hydroxyl groups excluding tert-OH is 4. The summed E-state index contributed by atoms with van der Waals surface area (Å²) < 4.78 is 71.1. The largest absolute Gasteiger partial charge is 1.00 e. The molecule has 15 atom stereocenters.